The average molecular weight is 409 g/mol. The van der Waals surface area contributed by atoms with E-state index in [-0.39, 0.29) is 5.91 Å². The van der Waals surface area contributed by atoms with E-state index in [0.717, 1.165) is 39.1 Å². The van der Waals surface area contributed by atoms with Crippen molar-refractivity contribution in [2.75, 3.05) is 44.2 Å². The standard InChI is InChI=1S/C22H27N5O3/c1-2-10-25(16-20-23-24-22(30-20)19-9-6-15-29-19)17-21(28)27-13-11-26(12-14-27)18-7-4-3-5-8-18/h3-9,15H,2,10-14,16-17H2,1H3. The van der Waals surface area contributed by atoms with E-state index in [1.54, 1.807) is 18.4 Å². The highest BCUT2D eigenvalue weighted by Gasteiger charge is 2.23. The van der Waals surface area contributed by atoms with Crippen LogP contribution in [0.15, 0.2) is 57.6 Å². The summed E-state index contributed by atoms with van der Waals surface area (Å²) in [6.07, 6.45) is 2.51. The van der Waals surface area contributed by atoms with Gasteiger partial charge in [0.05, 0.1) is 19.4 Å². The third-order valence-electron chi connectivity index (χ3n) is 5.21. The lowest BCUT2D eigenvalue weighted by atomic mass is 10.2. The lowest BCUT2D eigenvalue weighted by Crippen LogP contribution is -2.51. The topological polar surface area (TPSA) is 78.9 Å². The van der Waals surface area contributed by atoms with Gasteiger partial charge in [-0.1, -0.05) is 25.1 Å². The van der Waals surface area contributed by atoms with Gasteiger partial charge < -0.3 is 18.6 Å². The third kappa shape index (κ3) is 4.88. The van der Waals surface area contributed by atoms with Crippen LogP contribution in [0.3, 0.4) is 0 Å². The van der Waals surface area contributed by atoms with Crippen LogP contribution in [0.5, 0.6) is 0 Å². The lowest BCUT2D eigenvalue weighted by molar-refractivity contribution is -0.132. The van der Waals surface area contributed by atoms with Crippen molar-refractivity contribution in [1.29, 1.82) is 0 Å². The molecule has 2 aromatic heterocycles. The number of amides is 1. The van der Waals surface area contributed by atoms with E-state index >= 15 is 0 Å². The van der Waals surface area contributed by atoms with Crippen molar-refractivity contribution in [2.45, 2.75) is 19.9 Å². The maximum absolute atomic E-state index is 12.9. The number of hydrogen-bond donors (Lipinski definition) is 0. The minimum atomic E-state index is 0.141. The molecule has 1 aliphatic rings. The molecule has 1 aromatic carbocycles. The summed E-state index contributed by atoms with van der Waals surface area (Å²) < 4.78 is 11.0. The summed E-state index contributed by atoms with van der Waals surface area (Å²) in [5, 5.41) is 8.15. The second-order valence-electron chi connectivity index (χ2n) is 7.39. The van der Waals surface area contributed by atoms with Gasteiger partial charge >= 0.3 is 0 Å². The predicted octanol–water partition coefficient (Wildman–Crippen LogP) is 2.89. The average Bonchev–Trinajstić information content (AvgIpc) is 3.47. The summed E-state index contributed by atoms with van der Waals surface area (Å²) in [5.41, 5.74) is 1.21. The summed E-state index contributed by atoms with van der Waals surface area (Å²) in [7, 11) is 0. The first-order valence-electron chi connectivity index (χ1n) is 10.4. The summed E-state index contributed by atoms with van der Waals surface area (Å²) >= 11 is 0. The lowest BCUT2D eigenvalue weighted by Gasteiger charge is -2.37. The molecule has 4 rings (SSSR count). The molecule has 158 valence electrons. The van der Waals surface area contributed by atoms with Crippen molar-refractivity contribution in [3.63, 3.8) is 0 Å². The minimum absolute atomic E-state index is 0.141. The van der Waals surface area contributed by atoms with Gasteiger partial charge in [0.2, 0.25) is 11.8 Å². The van der Waals surface area contributed by atoms with E-state index < -0.39 is 0 Å². The summed E-state index contributed by atoms with van der Waals surface area (Å²) in [6, 6.07) is 13.9. The summed E-state index contributed by atoms with van der Waals surface area (Å²) in [6.45, 7) is 6.83. The number of carbonyl (C=O) groups excluding carboxylic acids is 1. The second kappa shape index (κ2) is 9.58. The highest BCUT2D eigenvalue weighted by molar-refractivity contribution is 5.78. The second-order valence-corrected chi connectivity index (χ2v) is 7.39. The van der Waals surface area contributed by atoms with Gasteiger partial charge in [-0.15, -0.1) is 10.2 Å². The van der Waals surface area contributed by atoms with Crippen LogP contribution < -0.4 is 4.90 Å². The van der Waals surface area contributed by atoms with Crippen LogP contribution in [0.25, 0.3) is 11.7 Å². The molecule has 3 aromatic rings. The number of hydrogen-bond acceptors (Lipinski definition) is 7. The van der Waals surface area contributed by atoms with Crippen molar-refractivity contribution in [3.05, 3.63) is 54.6 Å². The molecule has 1 amide bonds. The highest BCUT2D eigenvalue weighted by atomic mass is 16.4. The molecular formula is C22H27N5O3. The van der Waals surface area contributed by atoms with Gasteiger partial charge in [0.15, 0.2) is 5.76 Å². The number of rotatable bonds is 8. The Labute approximate surface area is 176 Å². The van der Waals surface area contributed by atoms with Crippen molar-refractivity contribution in [3.8, 4) is 11.7 Å². The number of benzene rings is 1. The molecule has 0 unspecified atom stereocenters. The van der Waals surface area contributed by atoms with Gasteiger partial charge in [-0.3, -0.25) is 9.69 Å². The van der Waals surface area contributed by atoms with E-state index in [0.29, 0.717) is 30.6 Å². The number of nitrogens with zero attached hydrogens (tertiary/aromatic N) is 5. The van der Waals surface area contributed by atoms with Gasteiger partial charge in [-0.05, 0) is 37.2 Å². The quantitative estimate of drug-likeness (QED) is 0.566. The van der Waals surface area contributed by atoms with Crippen LogP contribution in [0.1, 0.15) is 19.2 Å². The molecule has 0 N–H and O–H groups in total. The van der Waals surface area contributed by atoms with E-state index in [9.17, 15) is 4.79 Å². The van der Waals surface area contributed by atoms with Crippen molar-refractivity contribution in [2.24, 2.45) is 0 Å². The molecule has 0 atom stereocenters. The Morgan fingerprint density at radius 2 is 1.87 bits per heavy atom. The summed E-state index contributed by atoms with van der Waals surface area (Å²) in [5.74, 6) is 1.52. The number of anilines is 1. The van der Waals surface area contributed by atoms with E-state index in [2.05, 4.69) is 39.1 Å². The Hall–Kier alpha value is -3.13. The van der Waals surface area contributed by atoms with Gasteiger partial charge in [0.1, 0.15) is 0 Å². The molecule has 30 heavy (non-hydrogen) atoms. The zero-order chi connectivity index (χ0) is 20.8. The Balaban J connectivity index is 1.31. The van der Waals surface area contributed by atoms with E-state index in [4.69, 9.17) is 8.83 Å². The first-order valence-corrected chi connectivity index (χ1v) is 10.4. The largest absolute Gasteiger partial charge is 0.459 e. The Bertz CT molecular complexity index is 917. The normalized spacial score (nSPS) is 14.5. The van der Waals surface area contributed by atoms with Gasteiger partial charge in [0.25, 0.3) is 5.89 Å². The Kier molecular flexibility index (Phi) is 6.44. The zero-order valence-corrected chi connectivity index (χ0v) is 17.2. The molecule has 0 radical (unpaired) electrons. The molecule has 1 saturated heterocycles. The molecule has 1 fully saturated rings. The van der Waals surface area contributed by atoms with Crippen LogP contribution in [0, 0.1) is 0 Å². The number of aromatic nitrogens is 2. The molecule has 1 aliphatic heterocycles. The van der Waals surface area contributed by atoms with Crippen molar-refractivity contribution >= 4 is 11.6 Å². The Morgan fingerprint density at radius 3 is 2.57 bits per heavy atom. The maximum atomic E-state index is 12.9. The molecule has 8 nitrogen and oxygen atoms in total. The smallest absolute Gasteiger partial charge is 0.283 e. The van der Waals surface area contributed by atoms with Crippen LogP contribution in [0.4, 0.5) is 5.69 Å². The zero-order valence-electron chi connectivity index (χ0n) is 17.2. The predicted molar refractivity (Wildman–Crippen MR) is 113 cm³/mol. The van der Waals surface area contributed by atoms with Gasteiger partial charge in [-0.2, -0.15) is 0 Å². The van der Waals surface area contributed by atoms with Crippen LogP contribution in [-0.4, -0.2) is 65.2 Å². The fraction of sp³-hybridized carbons (Fsp3) is 0.409. The number of para-hydroxylation sites is 1. The van der Waals surface area contributed by atoms with Crippen LogP contribution in [-0.2, 0) is 11.3 Å². The van der Waals surface area contributed by atoms with Crippen molar-refractivity contribution < 1.29 is 13.6 Å². The summed E-state index contributed by atoms with van der Waals surface area (Å²) in [4.78, 5) is 19.2. The number of piperazine rings is 1. The maximum Gasteiger partial charge on any atom is 0.283 e. The van der Waals surface area contributed by atoms with Crippen LogP contribution in [0.2, 0.25) is 0 Å². The first-order chi connectivity index (χ1) is 14.7. The van der Waals surface area contributed by atoms with Gasteiger partial charge in [-0.25, -0.2) is 0 Å². The Morgan fingerprint density at radius 1 is 1.07 bits per heavy atom. The SMILES string of the molecule is CCCN(CC(=O)N1CCN(c2ccccc2)CC1)Cc1nnc(-c2ccco2)o1. The molecule has 0 saturated carbocycles. The van der Waals surface area contributed by atoms with Crippen LogP contribution >= 0.6 is 0 Å². The minimum Gasteiger partial charge on any atom is -0.459 e. The molecule has 8 heteroatoms. The number of carbonyl (C=O) groups is 1. The molecule has 0 aliphatic carbocycles. The number of furan rings is 1. The monoisotopic (exact) mass is 409 g/mol. The fourth-order valence-electron chi connectivity index (χ4n) is 3.68. The van der Waals surface area contributed by atoms with Crippen molar-refractivity contribution in [1.82, 2.24) is 20.0 Å². The van der Waals surface area contributed by atoms with E-state index in [1.165, 1.54) is 5.69 Å². The molecule has 3 heterocycles. The highest BCUT2D eigenvalue weighted by Crippen LogP contribution is 2.19. The third-order valence-corrected chi connectivity index (χ3v) is 5.21. The molecular weight excluding hydrogens is 382 g/mol. The fourth-order valence-corrected chi connectivity index (χ4v) is 3.68. The molecule has 0 spiro atoms. The first kappa shape index (κ1) is 20.2. The molecule has 0 bridgehead atoms. The van der Waals surface area contributed by atoms with E-state index in [1.807, 2.05) is 23.1 Å². The van der Waals surface area contributed by atoms with Gasteiger partial charge in [0, 0.05) is 31.9 Å².